The molecule has 124 valence electrons. The number of morpholine rings is 1. The lowest BCUT2D eigenvalue weighted by Gasteiger charge is -2.28. The minimum absolute atomic E-state index is 0.0466. The van der Waals surface area contributed by atoms with Crippen molar-refractivity contribution in [3.8, 4) is 5.75 Å². The Morgan fingerprint density at radius 1 is 1.17 bits per heavy atom. The minimum Gasteiger partial charge on any atom is -0.508 e. The minimum atomic E-state index is -0.368. The molecular weight excluding hydrogens is 306 g/mol. The van der Waals surface area contributed by atoms with Crippen molar-refractivity contribution in [3.63, 3.8) is 0 Å². The van der Waals surface area contributed by atoms with Crippen LogP contribution in [0.5, 0.6) is 5.75 Å². The molecule has 1 aliphatic heterocycles. The highest BCUT2D eigenvalue weighted by atomic mass is 16.5. The van der Waals surface area contributed by atoms with Gasteiger partial charge in [0.1, 0.15) is 5.75 Å². The zero-order chi connectivity index (χ0) is 16.8. The van der Waals surface area contributed by atoms with Gasteiger partial charge in [-0.05, 0) is 35.9 Å². The van der Waals surface area contributed by atoms with Crippen molar-refractivity contribution >= 4 is 17.8 Å². The van der Waals surface area contributed by atoms with Gasteiger partial charge in [-0.3, -0.25) is 4.79 Å². The van der Waals surface area contributed by atoms with E-state index in [1.165, 1.54) is 12.1 Å². The van der Waals surface area contributed by atoms with E-state index in [1.807, 2.05) is 24.3 Å². The van der Waals surface area contributed by atoms with Crippen molar-refractivity contribution in [1.82, 2.24) is 5.43 Å². The third kappa shape index (κ3) is 4.11. The second-order valence-electron chi connectivity index (χ2n) is 5.44. The number of nitrogens with one attached hydrogen (secondary N) is 1. The SMILES string of the molecule is O=C(N/N=C\c1ccc(N2CCOCC2)cc1)c1cccc(O)c1. The molecular formula is C18H19N3O3. The molecule has 1 aliphatic rings. The number of phenols is 1. The molecule has 1 amide bonds. The Kier molecular flexibility index (Phi) is 5.08. The Morgan fingerprint density at radius 2 is 1.92 bits per heavy atom. The lowest BCUT2D eigenvalue weighted by atomic mass is 10.2. The van der Waals surface area contributed by atoms with Crippen molar-refractivity contribution in [1.29, 1.82) is 0 Å². The summed E-state index contributed by atoms with van der Waals surface area (Å²) in [6, 6.07) is 14.1. The third-order valence-electron chi connectivity index (χ3n) is 3.76. The van der Waals surface area contributed by atoms with Crippen LogP contribution in [0, 0.1) is 0 Å². The predicted molar refractivity (Wildman–Crippen MR) is 92.6 cm³/mol. The average molecular weight is 325 g/mol. The molecule has 1 saturated heterocycles. The number of ether oxygens (including phenoxy) is 1. The fraction of sp³-hybridized carbons (Fsp3) is 0.222. The fourth-order valence-corrected chi connectivity index (χ4v) is 2.47. The topological polar surface area (TPSA) is 74.2 Å². The second-order valence-corrected chi connectivity index (χ2v) is 5.44. The summed E-state index contributed by atoms with van der Waals surface area (Å²) in [5.41, 5.74) is 4.85. The number of carbonyl (C=O) groups is 1. The number of hydrazone groups is 1. The Bertz CT molecular complexity index is 723. The van der Waals surface area contributed by atoms with Gasteiger partial charge in [-0.1, -0.05) is 18.2 Å². The van der Waals surface area contributed by atoms with E-state index in [0.717, 1.165) is 37.6 Å². The zero-order valence-corrected chi connectivity index (χ0v) is 13.2. The summed E-state index contributed by atoms with van der Waals surface area (Å²) in [4.78, 5) is 14.2. The summed E-state index contributed by atoms with van der Waals surface area (Å²) >= 11 is 0. The van der Waals surface area contributed by atoms with Crippen LogP contribution in [0.4, 0.5) is 5.69 Å². The van der Waals surface area contributed by atoms with Crippen LogP contribution >= 0.6 is 0 Å². The van der Waals surface area contributed by atoms with Gasteiger partial charge in [0.2, 0.25) is 0 Å². The molecule has 0 unspecified atom stereocenters. The summed E-state index contributed by atoms with van der Waals surface area (Å²) in [6.45, 7) is 3.30. The second kappa shape index (κ2) is 7.61. The molecule has 3 rings (SSSR count). The molecule has 6 nitrogen and oxygen atoms in total. The molecule has 24 heavy (non-hydrogen) atoms. The summed E-state index contributed by atoms with van der Waals surface area (Å²) < 4.78 is 5.35. The molecule has 2 aromatic carbocycles. The number of benzene rings is 2. The standard InChI is InChI=1S/C18H19N3O3/c22-17-3-1-2-15(12-17)18(23)20-19-13-14-4-6-16(7-5-14)21-8-10-24-11-9-21/h1-7,12-13,22H,8-11H2,(H,20,23)/b19-13-. The lowest BCUT2D eigenvalue weighted by Crippen LogP contribution is -2.36. The molecule has 2 aromatic rings. The van der Waals surface area contributed by atoms with Crippen molar-refractivity contribution in [2.45, 2.75) is 0 Å². The van der Waals surface area contributed by atoms with Gasteiger partial charge < -0.3 is 14.7 Å². The maximum atomic E-state index is 11.9. The maximum absolute atomic E-state index is 11.9. The number of anilines is 1. The first kappa shape index (κ1) is 16.0. The first-order valence-electron chi connectivity index (χ1n) is 7.77. The van der Waals surface area contributed by atoms with Crippen molar-refractivity contribution in [3.05, 3.63) is 59.7 Å². The molecule has 2 N–H and O–H groups in total. The molecule has 1 fully saturated rings. The summed E-state index contributed by atoms with van der Waals surface area (Å²) in [7, 11) is 0. The molecule has 0 atom stereocenters. The molecule has 0 bridgehead atoms. The number of aromatic hydroxyl groups is 1. The molecule has 0 spiro atoms. The predicted octanol–water partition coefficient (Wildman–Crippen LogP) is 1.99. The van der Waals surface area contributed by atoms with E-state index < -0.39 is 0 Å². The number of nitrogens with zero attached hydrogens (tertiary/aromatic N) is 2. The van der Waals surface area contributed by atoms with Crippen LogP contribution in [0.15, 0.2) is 53.6 Å². The molecule has 0 saturated carbocycles. The number of amides is 1. The van der Waals surface area contributed by atoms with Crippen LogP contribution < -0.4 is 10.3 Å². The van der Waals surface area contributed by atoms with Gasteiger partial charge >= 0.3 is 0 Å². The highest BCUT2D eigenvalue weighted by Gasteiger charge is 2.10. The van der Waals surface area contributed by atoms with Gasteiger partial charge in [0.15, 0.2) is 0 Å². The maximum Gasteiger partial charge on any atom is 0.271 e. The normalized spacial score (nSPS) is 14.8. The van der Waals surface area contributed by atoms with Crippen LogP contribution in [0.25, 0.3) is 0 Å². The summed E-state index contributed by atoms with van der Waals surface area (Å²) in [5, 5.41) is 13.3. The number of hydrogen-bond acceptors (Lipinski definition) is 5. The van der Waals surface area contributed by atoms with Crippen LogP contribution in [-0.2, 0) is 4.74 Å². The smallest absolute Gasteiger partial charge is 0.271 e. The van der Waals surface area contributed by atoms with Crippen LogP contribution in [0.1, 0.15) is 15.9 Å². The number of phenolic OH excluding ortho intramolecular Hbond substituents is 1. The molecule has 6 heteroatoms. The van der Waals surface area contributed by atoms with E-state index in [-0.39, 0.29) is 11.7 Å². The van der Waals surface area contributed by atoms with Crippen LogP contribution in [0.3, 0.4) is 0 Å². The Balaban J connectivity index is 1.57. The summed E-state index contributed by atoms with van der Waals surface area (Å²) in [5.74, 6) is -0.322. The fourth-order valence-electron chi connectivity index (χ4n) is 2.47. The monoisotopic (exact) mass is 325 g/mol. The van der Waals surface area contributed by atoms with E-state index in [9.17, 15) is 9.90 Å². The van der Waals surface area contributed by atoms with Crippen molar-refractivity contribution < 1.29 is 14.6 Å². The van der Waals surface area contributed by atoms with E-state index in [2.05, 4.69) is 15.4 Å². The number of hydrogen-bond donors (Lipinski definition) is 2. The van der Waals surface area contributed by atoms with Crippen LogP contribution in [0.2, 0.25) is 0 Å². The third-order valence-corrected chi connectivity index (χ3v) is 3.76. The van der Waals surface area contributed by atoms with E-state index >= 15 is 0 Å². The van der Waals surface area contributed by atoms with Gasteiger partial charge in [-0.15, -0.1) is 0 Å². The number of carbonyl (C=O) groups excluding carboxylic acids is 1. The highest BCUT2D eigenvalue weighted by molar-refractivity contribution is 5.95. The first-order valence-corrected chi connectivity index (χ1v) is 7.77. The van der Waals surface area contributed by atoms with Gasteiger partial charge in [0.25, 0.3) is 5.91 Å². The van der Waals surface area contributed by atoms with E-state index in [1.54, 1.807) is 18.3 Å². The largest absolute Gasteiger partial charge is 0.508 e. The first-order chi connectivity index (χ1) is 11.7. The average Bonchev–Trinajstić information content (AvgIpc) is 2.63. The van der Waals surface area contributed by atoms with Gasteiger partial charge in [0.05, 0.1) is 19.4 Å². The van der Waals surface area contributed by atoms with E-state index in [0.29, 0.717) is 5.56 Å². The van der Waals surface area contributed by atoms with E-state index in [4.69, 9.17) is 4.74 Å². The molecule has 0 aliphatic carbocycles. The van der Waals surface area contributed by atoms with Crippen molar-refractivity contribution in [2.75, 3.05) is 31.2 Å². The lowest BCUT2D eigenvalue weighted by molar-refractivity contribution is 0.0954. The Hall–Kier alpha value is -2.86. The highest BCUT2D eigenvalue weighted by Crippen LogP contribution is 2.16. The van der Waals surface area contributed by atoms with Gasteiger partial charge in [0, 0.05) is 24.3 Å². The molecule has 0 aromatic heterocycles. The Labute approximate surface area is 140 Å². The Morgan fingerprint density at radius 3 is 2.62 bits per heavy atom. The molecule has 1 heterocycles. The van der Waals surface area contributed by atoms with Crippen LogP contribution in [-0.4, -0.2) is 43.5 Å². The zero-order valence-electron chi connectivity index (χ0n) is 13.2. The number of rotatable bonds is 4. The van der Waals surface area contributed by atoms with Gasteiger partial charge in [-0.25, -0.2) is 5.43 Å². The summed E-state index contributed by atoms with van der Waals surface area (Å²) in [6.07, 6.45) is 1.59. The quantitative estimate of drug-likeness (QED) is 0.666. The molecule has 0 radical (unpaired) electrons. The van der Waals surface area contributed by atoms with Crippen molar-refractivity contribution in [2.24, 2.45) is 5.10 Å². The van der Waals surface area contributed by atoms with Gasteiger partial charge in [-0.2, -0.15) is 5.10 Å².